The molecule has 1 rings (SSSR count). The van der Waals surface area contributed by atoms with Gasteiger partial charge in [-0.05, 0) is 19.1 Å². The fraction of sp³-hybridized carbons (Fsp3) is 0.167. The van der Waals surface area contributed by atoms with Crippen molar-refractivity contribution in [2.45, 2.75) is 6.92 Å². The van der Waals surface area contributed by atoms with E-state index in [0.717, 1.165) is 11.3 Å². The molecule has 0 aliphatic heterocycles. The van der Waals surface area contributed by atoms with E-state index in [1.807, 2.05) is 31.2 Å². The number of primary amides is 1. The van der Waals surface area contributed by atoms with E-state index in [0.29, 0.717) is 5.70 Å². The van der Waals surface area contributed by atoms with Gasteiger partial charge in [-0.3, -0.25) is 4.79 Å². The van der Waals surface area contributed by atoms with E-state index in [1.54, 1.807) is 6.07 Å². The normalized spacial score (nSPS) is 11.2. The van der Waals surface area contributed by atoms with Crippen LogP contribution in [0.1, 0.15) is 5.56 Å². The van der Waals surface area contributed by atoms with Crippen molar-refractivity contribution in [2.24, 2.45) is 11.7 Å². The Morgan fingerprint density at radius 2 is 2.06 bits per heavy atom. The first-order chi connectivity index (χ1) is 7.54. The van der Waals surface area contributed by atoms with Gasteiger partial charge < -0.3 is 11.1 Å². The van der Waals surface area contributed by atoms with Gasteiger partial charge in [-0.1, -0.05) is 24.3 Å². The van der Waals surface area contributed by atoms with Crippen LogP contribution in [0.4, 0.5) is 5.69 Å². The van der Waals surface area contributed by atoms with Crippen LogP contribution >= 0.6 is 0 Å². The van der Waals surface area contributed by atoms with Crippen LogP contribution in [0.3, 0.4) is 0 Å². The smallest absolute Gasteiger partial charge is 0.240 e. The van der Waals surface area contributed by atoms with Crippen LogP contribution in [0.25, 0.3) is 0 Å². The molecule has 0 aliphatic rings. The minimum absolute atomic E-state index is 0.291. The molecule has 0 bridgehead atoms. The van der Waals surface area contributed by atoms with Gasteiger partial charge in [0.1, 0.15) is 0 Å². The van der Waals surface area contributed by atoms with Crippen molar-refractivity contribution >= 4 is 11.6 Å². The molecule has 1 atom stereocenters. The Morgan fingerprint density at radius 1 is 1.50 bits per heavy atom. The minimum Gasteiger partial charge on any atom is -0.368 e. The maximum atomic E-state index is 10.9. The van der Waals surface area contributed by atoms with Crippen LogP contribution in [0.15, 0.2) is 36.5 Å². The highest BCUT2D eigenvalue weighted by Gasteiger charge is 2.17. The molecule has 1 amide bonds. The molecule has 3 N–H and O–H groups in total. The molecule has 0 saturated carbocycles. The first-order valence-corrected chi connectivity index (χ1v) is 4.76. The standard InChI is InChI=1S/C12H13N3O/c1-8-3-5-10(6-4-8)15-9(2)11(7-13)12(14)16/h3-6,11,15H,2H2,1H3,(H2,14,16)/t11-/m1/s1. The number of carbonyl (C=O) groups is 1. The molecule has 0 heterocycles. The van der Waals surface area contributed by atoms with Gasteiger partial charge in [0.05, 0.1) is 6.07 Å². The summed E-state index contributed by atoms with van der Waals surface area (Å²) in [5, 5.41) is 11.6. The summed E-state index contributed by atoms with van der Waals surface area (Å²) in [7, 11) is 0. The van der Waals surface area contributed by atoms with Crippen LogP contribution in [0.5, 0.6) is 0 Å². The number of aryl methyl sites for hydroxylation is 1. The molecule has 82 valence electrons. The Bertz CT molecular complexity index is 442. The number of rotatable bonds is 4. The number of hydrogen-bond acceptors (Lipinski definition) is 3. The van der Waals surface area contributed by atoms with Crippen LogP contribution in [-0.2, 0) is 4.79 Å². The topological polar surface area (TPSA) is 78.9 Å². The largest absolute Gasteiger partial charge is 0.368 e. The monoisotopic (exact) mass is 215 g/mol. The van der Waals surface area contributed by atoms with Gasteiger partial charge in [0, 0.05) is 11.4 Å². The zero-order valence-electron chi connectivity index (χ0n) is 9.03. The number of nitrogens with zero attached hydrogens (tertiary/aromatic N) is 1. The molecule has 1 aromatic carbocycles. The molecular weight excluding hydrogens is 202 g/mol. The maximum absolute atomic E-state index is 10.9. The minimum atomic E-state index is -1.01. The predicted molar refractivity (Wildman–Crippen MR) is 62.2 cm³/mol. The Morgan fingerprint density at radius 3 is 2.50 bits per heavy atom. The lowest BCUT2D eigenvalue weighted by Crippen LogP contribution is -2.26. The van der Waals surface area contributed by atoms with Crippen LogP contribution in [-0.4, -0.2) is 5.91 Å². The van der Waals surface area contributed by atoms with Gasteiger partial charge in [-0.2, -0.15) is 5.26 Å². The third kappa shape index (κ3) is 2.85. The first-order valence-electron chi connectivity index (χ1n) is 4.76. The average molecular weight is 215 g/mol. The number of hydrogen-bond donors (Lipinski definition) is 2. The second-order valence-corrected chi connectivity index (χ2v) is 3.48. The lowest BCUT2D eigenvalue weighted by atomic mass is 10.1. The van der Waals surface area contributed by atoms with Gasteiger partial charge in [-0.15, -0.1) is 0 Å². The van der Waals surface area contributed by atoms with Crippen molar-refractivity contribution in [3.63, 3.8) is 0 Å². The summed E-state index contributed by atoms with van der Waals surface area (Å²) in [6.07, 6.45) is 0. The molecule has 4 nitrogen and oxygen atoms in total. The lowest BCUT2D eigenvalue weighted by Gasteiger charge is -2.12. The fourth-order valence-electron chi connectivity index (χ4n) is 1.21. The number of amides is 1. The summed E-state index contributed by atoms with van der Waals surface area (Å²) < 4.78 is 0. The van der Waals surface area contributed by atoms with Crippen molar-refractivity contribution in [2.75, 3.05) is 5.32 Å². The third-order valence-corrected chi connectivity index (χ3v) is 2.12. The quantitative estimate of drug-likeness (QED) is 0.799. The van der Waals surface area contributed by atoms with Crippen LogP contribution < -0.4 is 11.1 Å². The van der Waals surface area contributed by atoms with E-state index in [-0.39, 0.29) is 0 Å². The Hall–Kier alpha value is -2.28. The summed E-state index contributed by atoms with van der Waals surface area (Å²) in [6, 6.07) is 9.32. The molecule has 0 fully saturated rings. The average Bonchev–Trinajstić information content (AvgIpc) is 2.22. The predicted octanol–water partition coefficient (Wildman–Crippen LogP) is 1.55. The molecule has 0 spiro atoms. The molecule has 1 aromatic rings. The number of anilines is 1. The van der Waals surface area contributed by atoms with Crippen LogP contribution in [0.2, 0.25) is 0 Å². The number of carbonyl (C=O) groups excluding carboxylic acids is 1. The molecule has 0 aromatic heterocycles. The van der Waals surface area contributed by atoms with Crippen molar-refractivity contribution in [3.8, 4) is 6.07 Å². The highest BCUT2D eigenvalue weighted by atomic mass is 16.1. The van der Waals surface area contributed by atoms with Gasteiger partial charge in [-0.25, -0.2) is 0 Å². The van der Waals surface area contributed by atoms with Gasteiger partial charge >= 0.3 is 0 Å². The van der Waals surface area contributed by atoms with Crippen molar-refractivity contribution < 1.29 is 4.79 Å². The number of nitrogens with one attached hydrogen (secondary N) is 1. The highest BCUT2D eigenvalue weighted by molar-refractivity contribution is 5.83. The van der Waals surface area contributed by atoms with Crippen LogP contribution in [0, 0.1) is 24.2 Å². The zero-order valence-corrected chi connectivity index (χ0v) is 9.03. The Balaban J connectivity index is 2.75. The van der Waals surface area contributed by atoms with E-state index in [4.69, 9.17) is 11.0 Å². The molecule has 4 heteroatoms. The third-order valence-electron chi connectivity index (χ3n) is 2.12. The SMILES string of the molecule is C=C(Nc1ccc(C)cc1)[C@@H](C#N)C(N)=O. The van der Waals surface area contributed by atoms with Gasteiger partial charge in [0.25, 0.3) is 0 Å². The summed E-state index contributed by atoms with van der Waals surface area (Å²) in [4.78, 5) is 10.9. The van der Waals surface area contributed by atoms with E-state index in [2.05, 4.69) is 11.9 Å². The fourth-order valence-corrected chi connectivity index (χ4v) is 1.21. The number of nitriles is 1. The van der Waals surface area contributed by atoms with Gasteiger partial charge in [0.2, 0.25) is 5.91 Å². The number of nitrogens with two attached hydrogens (primary N) is 1. The Kier molecular flexibility index (Phi) is 3.67. The van der Waals surface area contributed by atoms with Crippen molar-refractivity contribution in [1.82, 2.24) is 0 Å². The van der Waals surface area contributed by atoms with Crippen molar-refractivity contribution in [3.05, 3.63) is 42.1 Å². The van der Waals surface area contributed by atoms with E-state index in [9.17, 15) is 4.79 Å². The van der Waals surface area contributed by atoms with Crippen molar-refractivity contribution in [1.29, 1.82) is 5.26 Å². The maximum Gasteiger partial charge on any atom is 0.240 e. The molecular formula is C12H13N3O. The summed E-state index contributed by atoms with van der Waals surface area (Å²) in [5.74, 6) is -1.71. The number of benzene rings is 1. The second kappa shape index (κ2) is 4.99. The summed E-state index contributed by atoms with van der Waals surface area (Å²) in [5.41, 5.74) is 7.26. The first kappa shape index (κ1) is 11.8. The summed E-state index contributed by atoms with van der Waals surface area (Å²) >= 11 is 0. The van der Waals surface area contributed by atoms with E-state index >= 15 is 0 Å². The molecule has 0 unspecified atom stereocenters. The highest BCUT2D eigenvalue weighted by Crippen LogP contribution is 2.14. The van der Waals surface area contributed by atoms with Gasteiger partial charge in [0.15, 0.2) is 5.92 Å². The second-order valence-electron chi connectivity index (χ2n) is 3.48. The summed E-state index contributed by atoms with van der Waals surface area (Å²) in [6.45, 7) is 5.60. The molecule has 0 aliphatic carbocycles. The van der Waals surface area contributed by atoms with E-state index in [1.165, 1.54) is 0 Å². The molecule has 16 heavy (non-hydrogen) atoms. The lowest BCUT2D eigenvalue weighted by molar-refractivity contribution is -0.119. The molecule has 0 radical (unpaired) electrons. The Labute approximate surface area is 94.4 Å². The van der Waals surface area contributed by atoms with E-state index < -0.39 is 11.8 Å². The zero-order chi connectivity index (χ0) is 12.1. The molecule has 0 saturated heterocycles.